The predicted molar refractivity (Wildman–Crippen MR) is 61.7 cm³/mol. The number of hydrogen-bond acceptors (Lipinski definition) is 3. The van der Waals surface area contributed by atoms with E-state index in [-0.39, 0.29) is 5.78 Å². The molecule has 0 spiro atoms. The summed E-state index contributed by atoms with van der Waals surface area (Å²) in [5.74, 6) is -1.21. The first-order valence-corrected chi connectivity index (χ1v) is 4.81. The molecule has 1 aromatic rings. The fourth-order valence-corrected chi connectivity index (χ4v) is 1.23. The zero-order valence-electron chi connectivity index (χ0n) is 8.93. The molecular weight excluding hydrogens is 206 g/mol. The first-order valence-electron chi connectivity index (χ1n) is 4.81. The fraction of sp³-hybridized carbons (Fsp3) is 0.167. The molecule has 0 radical (unpaired) electrons. The number of para-hydroxylation sites is 1. The van der Waals surface area contributed by atoms with Crippen molar-refractivity contribution >= 4 is 17.4 Å². The Balaban J connectivity index is 2.99. The highest BCUT2D eigenvalue weighted by Gasteiger charge is 2.14. The van der Waals surface area contributed by atoms with E-state index in [1.54, 1.807) is 24.3 Å². The fourth-order valence-electron chi connectivity index (χ4n) is 1.23. The summed E-state index contributed by atoms with van der Waals surface area (Å²) in [5.41, 5.74) is 0.924. The van der Waals surface area contributed by atoms with E-state index in [0.29, 0.717) is 11.3 Å². The Hall–Kier alpha value is -2.10. The van der Waals surface area contributed by atoms with Crippen LogP contribution in [0, 0.1) is 0 Å². The molecule has 0 aromatic heterocycles. The van der Waals surface area contributed by atoms with Crippen LogP contribution in [0.5, 0.6) is 0 Å². The minimum atomic E-state index is -0.971. The lowest BCUT2D eigenvalue weighted by Gasteiger charge is -2.13. The molecule has 16 heavy (non-hydrogen) atoms. The van der Waals surface area contributed by atoms with Gasteiger partial charge in [0.05, 0.1) is 0 Å². The lowest BCUT2D eigenvalue weighted by molar-refractivity contribution is -0.137. The standard InChI is InChI=1S/C12H13NO3/c1-3-11(14)9-6-4-5-7-10(9)13-8(2)12(15)16/h3-8,13H,1H2,2H3,(H,15,16). The summed E-state index contributed by atoms with van der Waals surface area (Å²) >= 11 is 0. The van der Waals surface area contributed by atoms with E-state index in [0.717, 1.165) is 0 Å². The summed E-state index contributed by atoms with van der Waals surface area (Å²) in [6.07, 6.45) is 1.20. The predicted octanol–water partition coefficient (Wildman–Crippen LogP) is 1.94. The maximum atomic E-state index is 11.5. The highest BCUT2D eigenvalue weighted by Crippen LogP contribution is 2.17. The zero-order valence-corrected chi connectivity index (χ0v) is 8.93. The molecule has 1 aromatic carbocycles. The van der Waals surface area contributed by atoms with Crippen LogP contribution in [0.3, 0.4) is 0 Å². The summed E-state index contributed by atoms with van der Waals surface area (Å²) in [6.45, 7) is 4.91. The lowest BCUT2D eigenvalue weighted by Crippen LogP contribution is -2.26. The van der Waals surface area contributed by atoms with Gasteiger partial charge in [-0.2, -0.15) is 0 Å². The molecule has 84 valence electrons. The van der Waals surface area contributed by atoms with Crippen LogP contribution >= 0.6 is 0 Å². The number of nitrogens with one attached hydrogen (secondary N) is 1. The molecule has 0 heterocycles. The van der Waals surface area contributed by atoms with Crippen LogP contribution in [0.4, 0.5) is 5.69 Å². The summed E-state index contributed by atoms with van der Waals surface area (Å²) in [5, 5.41) is 11.5. The van der Waals surface area contributed by atoms with Crippen molar-refractivity contribution in [3.8, 4) is 0 Å². The minimum Gasteiger partial charge on any atom is -0.480 e. The number of carbonyl (C=O) groups excluding carboxylic acids is 1. The molecule has 0 aliphatic rings. The second kappa shape index (κ2) is 5.11. The van der Waals surface area contributed by atoms with Gasteiger partial charge in [0, 0.05) is 11.3 Å². The van der Waals surface area contributed by atoms with Crippen molar-refractivity contribution in [1.82, 2.24) is 0 Å². The quantitative estimate of drug-likeness (QED) is 0.586. The number of aliphatic carboxylic acids is 1. The van der Waals surface area contributed by atoms with E-state index >= 15 is 0 Å². The molecule has 0 saturated heterocycles. The summed E-state index contributed by atoms with van der Waals surface area (Å²) in [6, 6.07) is 5.99. The van der Waals surface area contributed by atoms with Gasteiger partial charge in [0.2, 0.25) is 0 Å². The van der Waals surface area contributed by atoms with Crippen LogP contribution < -0.4 is 5.32 Å². The number of carbonyl (C=O) groups is 2. The largest absolute Gasteiger partial charge is 0.480 e. The molecule has 0 aliphatic heterocycles. The molecular formula is C12H13NO3. The number of ketones is 1. The molecule has 0 amide bonds. The number of carboxylic acid groups (broad SMARTS) is 1. The van der Waals surface area contributed by atoms with Gasteiger partial charge >= 0.3 is 5.97 Å². The van der Waals surface area contributed by atoms with Gasteiger partial charge in [0.1, 0.15) is 6.04 Å². The second-order valence-corrected chi connectivity index (χ2v) is 3.32. The zero-order chi connectivity index (χ0) is 12.1. The third-order valence-corrected chi connectivity index (χ3v) is 2.12. The van der Waals surface area contributed by atoms with Crippen molar-refractivity contribution in [2.75, 3.05) is 5.32 Å². The average Bonchev–Trinajstić information content (AvgIpc) is 2.28. The van der Waals surface area contributed by atoms with Crippen LogP contribution in [-0.4, -0.2) is 22.9 Å². The van der Waals surface area contributed by atoms with Gasteiger partial charge in [0.25, 0.3) is 0 Å². The van der Waals surface area contributed by atoms with Crippen molar-refractivity contribution < 1.29 is 14.7 Å². The van der Waals surface area contributed by atoms with E-state index in [4.69, 9.17) is 5.11 Å². The Morgan fingerprint density at radius 2 is 2.06 bits per heavy atom. The number of allylic oxidation sites excluding steroid dienone is 1. The number of benzene rings is 1. The number of anilines is 1. The van der Waals surface area contributed by atoms with Crippen LogP contribution in [0.2, 0.25) is 0 Å². The van der Waals surface area contributed by atoms with E-state index in [2.05, 4.69) is 11.9 Å². The van der Waals surface area contributed by atoms with Gasteiger partial charge in [-0.05, 0) is 25.1 Å². The van der Waals surface area contributed by atoms with Crippen LogP contribution in [0.15, 0.2) is 36.9 Å². The number of hydrogen-bond donors (Lipinski definition) is 2. The molecule has 1 atom stereocenters. The molecule has 2 N–H and O–H groups in total. The van der Waals surface area contributed by atoms with Gasteiger partial charge in [-0.1, -0.05) is 18.7 Å². The Morgan fingerprint density at radius 3 is 2.62 bits per heavy atom. The maximum Gasteiger partial charge on any atom is 0.325 e. The van der Waals surface area contributed by atoms with E-state index in [1.165, 1.54) is 13.0 Å². The SMILES string of the molecule is C=CC(=O)c1ccccc1NC(C)C(=O)O. The highest BCUT2D eigenvalue weighted by atomic mass is 16.4. The van der Waals surface area contributed by atoms with Gasteiger partial charge in [-0.15, -0.1) is 0 Å². The minimum absolute atomic E-state index is 0.235. The smallest absolute Gasteiger partial charge is 0.325 e. The Kier molecular flexibility index (Phi) is 3.83. The van der Waals surface area contributed by atoms with Crippen molar-refractivity contribution in [2.45, 2.75) is 13.0 Å². The van der Waals surface area contributed by atoms with Crippen molar-refractivity contribution in [2.24, 2.45) is 0 Å². The van der Waals surface area contributed by atoms with Gasteiger partial charge in [-0.25, -0.2) is 0 Å². The Labute approximate surface area is 93.6 Å². The lowest BCUT2D eigenvalue weighted by atomic mass is 10.1. The molecule has 0 fully saturated rings. The molecule has 1 rings (SSSR count). The van der Waals surface area contributed by atoms with Crippen molar-refractivity contribution in [3.05, 3.63) is 42.5 Å². The average molecular weight is 219 g/mol. The monoisotopic (exact) mass is 219 g/mol. The third-order valence-electron chi connectivity index (χ3n) is 2.12. The van der Waals surface area contributed by atoms with E-state index in [1.807, 2.05) is 0 Å². The van der Waals surface area contributed by atoms with Crippen molar-refractivity contribution in [1.29, 1.82) is 0 Å². The van der Waals surface area contributed by atoms with Gasteiger partial charge < -0.3 is 10.4 Å². The highest BCUT2D eigenvalue weighted by molar-refractivity contribution is 6.08. The second-order valence-electron chi connectivity index (χ2n) is 3.32. The van der Waals surface area contributed by atoms with Gasteiger partial charge in [-0.3, -0.25) is 9.59 Å². The molecule has 4 heteroatoms. The van der Waals surface area contributed by atoms with E-state index < -0.39 is 12.0 Å². The molecule has 0 bridgehead atoms. The summed E-state index contributed by atoms with van der Waals surface area (Å²) < 4.78 is 0. The van der Waals surface area contributed by atoms with Crippen molar-refractivity contribution in [3.63, 3.8) is 0 Å². The third kappa shape index (κ3) is 2.70. The topological polar surface area (TPSA) is 66.4 Å². The molecule has 0 aliphatic carbocycles. The van der Waals surface area contributed by atoms with Gasteiger partial charge in [0.15, 0.2) is 5.78 Å². The molecule has 0 saturated carbocycles. The van der Waals surface area contributed by atoms with E-state index in [9.17, 15) is 9.59 Å². The number of rotatable bonds is 5. The summed E-state index contributed by atoms with van der Waals surface area (Å²) in [4.78, 5) is 22.2. The molecule has 1 unspecified atom stereocenters. The van der Waals surface area contributed by atoms with Crippen LogP contribution in [0.1, 0.15) is 17.3 Å². The number of carboxylic acids is 1. The van der Waals surface area contributed by atoms with Crippen LogP contribution in [0.25, 0.3) is 0 Å². The van der Waals surface area contributed by atoms with Crippen LogP contribution in [-0.2, 0) is 4.79 Å². The first kappa shape index (κ1) is 12.0. The maximum absolute atomic E-state index is 11.5. The Morgan fingerprint density at radius 1 is 1.44 bits per heavy atom. The summed E-state index contributed by atoms with van der Waals surface area (Å²) in [7, 11) is 0. The first-order chi connectivity index (χ1) is 7.56. The normalized spacial score (nSPS) is 11.6. The Bertz CT molecular complexity index is 426. The molecule has 4 nitrogen and oxygen atoms in total.